The number of carbonyl (C=O) groups is 1. The molecule has 1 amide bonds. The third-order valence-corrected chi connectivity index (χ3v) is 4.83. The number of nitrogens with two attached hydrogens (primary N) is 1. The van der Waals surface area contributed by atoms with Crippen molar-refractivity contribution in [1.82, 2.24) is 10.3 Å². The molecule has 0 bridgehead atoms. The van der Waals surface area contributed by atoms with E-state index in [4.69, 9.17) is 22.1 Å². The number of hydrogen-bond acceptors (Lipinski definition) is 5. The van der Waals surface area contributed by atoms with Crippen molar-refractivity contribution in [2.24, 2.45) is 0 Å². The van der Waals surface area contributed by atoms with Gasteiger partial charge in [0.05, 0.1) is 23.4 Å². The number of nitrogens with one attached hydrogen (secondary N) is 1. The predicted octanol–water partition coefficient (Wildman–Crippen LogP) is 3.25. The standard InChI is InChI=1S/C19H23ClN4O2/c1-26-17-11-16(21)15(20)10-14(17)19(25)23-12-13-5-6-22-18(9-13)24-7-3-2-4-8-24/h5-6,9-11H,2-4,7-8,12,21H2,1H3,(H,23,25). The van der Waals surface area contributed by atoms with Crippen LogP contribution >= 0.6 is 11.6 Å². The van der Waals surface area contributed by atoms with Crippen LogP contribution in [0.3, 0.4) is 0 Å². The lowest BCUT2D eigenvalue weighted by molar-refractivity contribution is 0.0948. The molecule has 2 heterocycles. The van der Waals surface area contributed by atoms with Crippen LogP contribution in [0.2, 0.25) is 5.02 Å². The van der Waals surface area contributed by atoms with Crippen LogP contribution < -0.4 is 20.7 Å². The number of methoxy groups -OCH3 is 1. The number of amides is 1. The van der Waals surface area contributed by atoms with Crippen LogP contribution in [0.25, 0.3) is 0 Å². The molecule has 1 aromatic carbocycles. The summed E-state index contributed by atoms with van der Waals surface area (Å²) in [5.74, 6) is 1.10. The zero-order valence-electron chi connectivity index (χ0n) is 14.8. The molecule has 26 heavy (non-hydrogen) atoms. The van der Waals surface area contributed by atoms with Crippen molar-refractivity contribution in [3.05, 3.63) is 46.6 Å². The van der Waals surface area contributed by atoms with Gasteiger partial charge < -0.3 is 20.7 Å². The Morgan fingerprint density at radius 3 is 2.81 bits per heavy atom. The molecule has 138 valence electrons. The molecule has 1 aromatic heterocycles. The van der Waals surface area contributed by atoms with Gasteiger partial charge in [-0.05, 0) is 43.0 Å². The molecule has 6 nitrogen and oxygen atoms in total. The van der Waals surface area contributed by atoms with Gasteiger partial charge in [-0.2, -0.15) is 0 Å². The van der Waals surface area contributed by atoms with Crippen LogP contribution in [0.5, 0.6) is 5.75 Å². The second-order valence-electron chi connectivity index (χ2n) is 6.33. The first-order chi connectivity index (χ1) is 12.6. The van der Waals surface area contributed by atoms with Gasteiger partial charge in [0.15, 0.2) is 0 Å². The van der Waals surface area contributed by atoms with E-state index in [9.17, 15) is 4.79 Å². The summed E-state index contributed by atoms with van der Waals surface area (Å²) >= 11 is 6.04. The number of nitrogen functional groups attached to an aromatic ring is 1. The van der Waals surface area contributed by atoms with Gasteiger partial charge >= 0.3 is 0 Å². The van der Waals surface area contributed by atoms with Gasteiger partial charge in [0, 0.05) is 31.9 Å². The van der Waals surface area contributed by atoms with E-state index in [1.54, 1.807) is 12.3 Å². The predicted molar refractivity (Wildman–Crippen MR) is 104 cm³/mol. The lowest BCUT2D eigenvalue weighted by Crippen LogP contribution is -2.30. The van der Waals surface area contributed by atoms with E-state index in [1.165, 1.54) is 32.4 Å². The Hall–Kier alpha value is -2.47. The summed E-state index contributed by atoms with van der Waals surface area (Å²) in [6, 6.07) is 7.01. The van der Waals surface area contributed by atoms with Crippen LogP contribution in [-0.2, 0) is 6.54 Å². The largest absolute Gasteiger partial charge is 0.496 e. The second kappa shape index (κ2) is 8.27. The smallest absolute Gasteiger partial charge is 0.255 e. The van der Waals surface area contributed by atoms with E-state index in [2.05, 4.69) is 15.2 Å². The molecule has 1 aliphatic heterocycles. The quantitative estimate of drug-likeness (QED) is 0.785. The van der Waals surface area contributed by atoms with Crippen LogP contribution in [-0.4, -0.2) is 31.1 Å². The molecule has 0 spiro atoms. The SMILES string of the molecule is COc1cc(N)c(Cl)cc1C(=O)NCc1ccnc(N2CCCCC2)c1. The molecular formula is C19H23ClN4O2. The summed E-state index contributed by atoms with van der Waals surface area (Å²) in [5, 5.41) is 3.23. The average Bonchev–Trinajstić information content (AvgIpc) is 2.68. The van der Waals surface area contributed by atoms with Crippen molar-refractivity contribution in [3.63, 3.8) is 0 Å². The maximum absolute atomic E-state index is 12.5. The average molecular weight is 375 g/mol. The molecule has 0 radical (unpaired) electrons. The van der Waals surface area contributed by atoms with Crippen molar-refractivity contribution in [2.75, 3.05) is 30.8 Å². The Labute approximate surface area is 158 Å². The lowest BCUT2D eigenvalue weighted by Gasteiger charge is -2.27. The molecule has 0 saturated carbocycles. The van der Waals surface area contributed by atoms with Crippen molar-refractivity contribution >= 4 is 29.0 Å². The first-order valence-electron chi connectivity index (χ1n) is 8.69. The third kappa shape index (κ3) is 4.19. The molecule has 3 rings (SSSR count). The number of anilines is 2. The van der Waals surface area contributed by atoms with Gasteiger partial charge in [-0.1, -0.05) is 11.6 Å². The third-order valence-electron chi connectivity index (χ3n) is 4.51. The van der Waals surface area contributed by atoms with Crippen LogP contribution in [0.1, 0.15) is 35.2 Å². The molecule has 0 unspecified atom stereocenters. The molecular weight excluding hydrogens is 352 g/mol. The van der Waals surface area contributed by atoms with E-state index in [1.807, 2.05) is 12.1 Å². The Kier molecular flexibility index (Phi) is 5.83. The summed E-state index contributed by atoms with van der Waals surface area (Å²) < 4.78 is 5.24. The minimum atomic E-state index is -0.264. The fourth-order valence-electron chi connectivity index (χ4n) is 3.06. The van der Waals surface area contributed by atoms with Crippen LogP contribution in [0.4, 0.5) is 11.5 Å². The highest BCUT2D eigenvalue weighted by molar-refractivity contribution is 6.33. The Bertz CT molecular complexity index is 791. The first-order valence-corrected chi connectivity index (χ1v) is 9.07. The molecule has 3 N–H and O–H groups in total. The number of rotatable bonds is 5. The summed E-state index contributed by atoms with van der Waals surface area (Å²) in [4.78, 5) is 19.3. The topological polar surface area (TPSA) is 80.5 Å². The number of benzene rings is 1. The normalized spacial score (nSPS) is 14.2. The number of piperidine rings is 1. The minimum Gasteiger partial charge on any atom is -0.496 e. The lowest BCUT2D eigenvalue weighted by atomic mass is 10.1. The Morgan fingerprint density at radius 2 is 2.08 bits per heavy atom. The van der Waals surface area contributed by atoms with Gasteiger partial charge in [0.2, 0.25) is 0 Å². The van der Waals surface area contributed by atoms with Crippen molar-refractivity contribution in [2.45, 2.75) is 25.8 Å². The Morgan fingerprint density at radius 1 is 1.31 bits per heavy atom. The fraction of sp³-hybridized carbons (Fsp3) is 0.368. The highest BCUT2D eigenvalue weighted by Gasteiger charge is 2.16. The monoisotopic (exact) mass is 374 g/mol. The number of halogens is 1. The van der Waals surface area contributed by atoms with E-state index in [0.29, 0.717) is 28.6 Å². The van der Waals surface area contributed by atoms with Gasteiger partial charge in [-0.25, -0.2) is 4.98 Å². The summed E-state index contributed by atoms with van der Waals surface area (Å²) in [6.07, 6.45) is 5.45. The number of aromatic nitrogens is 1. The zero-order chi connectivity index (χ0) is 18.5. The molecule has 2 aromatic rings. The van der Waals surface area contributed by atoms with Crippen LogP contribution in [0.15, 0.2) is 30.5 Å². The van der Waals surface area contributed by atoms with Gasteiger partial charge in [-0.3, -0.25) is 4.79 Å². The zero-order valence-corrected chi connectivity index (χ0v) is 15.6. The highest BCUT2D eigenvalue weighted by Crippen LogP contribution is 2.28. The van der Waals surface area contributed by atoms with Gasteiger partial charge in [-0.15, -0.1) is 0 Å². The number of ether oxygens (including phenoxy) is 1. The maximum atomic E-state index is 12.5. The van der Waals surface area contributed by atoms with E-state index in [-0.39, 0.29) is 5.91 Å². The molecule has 7 heteroatoms. The second-order valence-corrected chi connectivity index (χ2v) is 6.73. The molecule has 1 saturated heterocycles. The van der Waals surface area contributed by atoms with E-state index < -0.39 is 0 Å². The van der Waals surface area contributed by atoms with E-state index in [0.717, 1.165) is 24.5 Å². The summed E-state index contributed by atoms with van der Waals surface area (Å²) in [7, 11) is 1.49. The minimum absolute atomic E-state index is 0.264. The van der Waals surface area contributed by atoms with E-state index >= 15 is 0 Å². The van der Waals surface area contributed by atoms with Crippen molar-refractivity contribution < 1.29 is 9.53 Å². The number of carbonyl (C=O) groups excluding carboxylic acids is 1. The van der Waals surface area contributed by atoms with Gasteiger partial charge in [0.1, 0.15) is 11.6 Å². The van der Waals surface area contributed by atoms with Crippen LogP contribution in [0, 0.1) is 0 Å². The first kappa shape index (κ1) is 18.3. The molecule has 0 aliphatic carbocycles. The highest BCUT2D eigenvalue weighted by atomic mass is 35.5. The summed E-state index contributed by atoms with van der Waals surface area (Å²) in [5.41, 5.74) is 7.49. The Balaban J connectivity index is 1.69. The molecule has 1 aliphatic rings. The number of hydrogen-bond donors (Lipinski definition) is 2. The number of pyridine rings is 1. The summed E-state index contributed by atoms with van der Waals surface area (Å²) in [6.45, 7) is 2.46. The maximum Gasteiger partial charge on any atom is 0.255 e. The van der Waals surface area contributed by atoms with Crippen molar-refractivity contribution in [1.29, 1.82) is 0 Å². The fourth-order valence-corrected chi connectivity index (χ4v) is 3.22. The number of nitrogens with zero attached hydrogens (tertiary/aromatic N) is 2. The molecule has 1 fully saturated rings. The van der Waals surface area contributed by atoms with Crippen molar-refractivity contribution in [3.8, 4) is 5.75 Å². The molecule has 0 atom stereocenters. The van der Waals surface area contributed by atoms with Gasteiger partial charge in [0.25, 0.3) is 5.91 Å².